The Labute approximate surface area is 150 Å². The summed E-state index contributed by atoms with van der Waals surface area (Å²) in [4.78, 5) is 4.54. The first-order valence-corrected chi connectivity index (χ1v) is 8.58. The zero-order valence-electron chi connectivity index (χ0n) is 14.4. The van der Waals surface area contributed by atoms with E-state index in [0.717, 1.165) is 28.1 Å². The van der Waals surface area contributed by atoms with Gasteiger partial charge in [0.15, 0.2) is 0 Å². The van der Waals surface area contributed by atoms with Crippen molar-refractivity contribution in [2.75, 3.05) is 0 Å². The summed E-state index contributed by atoms with van der Waals surface area (Å²) >= 11 is 6.35. The molecule has 0 unspecified atom stereocenters. The number of halogens is 3. The van der Waals surface area contributed by atoms with Gasteiger partial charge < -0.3 is 5.32 Å². The second-order valence-electron chi connectivity index (χ2n) is 6.41. The highest BCUT2D eigenvalue weighted by Crippen LogP contribution is 2.24. The monoisotopic (exact) mass is 361 g/mol. The Kier molecular flexibility index (Phi) is 5.02. The summed E-state index contributed by atoms with van der Waals surface area (Å²) in [6.07, 6.45) is 0. The Hall–Kier alpha value is -2.04. The summed E-state index contributed by atoms with van der Waals surface area (Å²) < 4.78 is 26.9. The Morgan fingerprint density at radius 3 is 2.60 bits per heavy atom. The number of aromatic nitrogens is 1. The molecule has 130 valence electrons. The largest absolute Gasteiger partial charge is 0.336 e. The van der Waals surface area contributed by atoms with Crippen molar-refractivity contribution in [2.45, 2.75) is 33.4 Å². The number of fused-ring (bicyclic) bond motifs is 1. The van der Waals surface area contributed by atoms with Gasteiger partial charge in [-0.2, -0.15) is 0 Å². The molecule has 25 heavy (non-hydrogen) atoms. The lowest BCUT2D eigenvalue weighted by Gasteiger charge is -2.13. The van der Waals surface area contributed by atoms with Crippen molar-refractivity contribution in [3.05, 3.63) is 75.4 Å². The summed E-state index contributed by atoms with van der Waals surface area (Å²) in [5.74, 6) is -1.10. The molecule has 0 aliphatic rings. The number of nitrogens with zero attached hydrogens (tertiary/aromatic N) is 1. The summed E-state index contributed by atoms with van der Waals surface area (Å²) in [6.45, 7) is 6.52. The van der Waals surface area contributed by atoms with Gasteiger partial charge in [-0.15, -0.1) is 0 Å². The molecule has 0 fully saturated rings. The molecule has 1 aromatic heterocycles. The van der Waals surface area contributed by atoms with Crippen LogP contribution in [0.15, 0.2) is 36.4 Å². The van der Waals surface area contributed by atoms with Crippen LogP contribution in [0.4, 0.5) is 8.78 Å². The molecule has 0 aliphatic carbocycles. The molecule has 5 heteroatoms. The smallest absolute Gasteiger partial charge is 0.138 e. The standard InChI is InChI=1S/C20H19ClF2N2/c1-11-4-5-14-8-15(20(21)25-19(14)12(11)2)10-24-13(3)17-7-6-16(22)9-18(17)23/h4-9,13,24H,10H2,1-3H3/p+1/t13-/m1/s1. The molecule has 0 amide bonds. The molecule has 1 heterocycles. The molecule has 0 bridgehead atoms. The quantitative estimate of drug-likeness (QED) is 0.676. The van der Waals surface area contributed by atoms with E-state index in [0.29, 0.717) is 17.3 Å². The summed E-state index contributed by atoms with van der Waals surface area (Å²) in [6, 6.07) is 9.64. The highest BCUT2D eigenvalue weighted by molar-refractivity contribution is 6.30. The fourth-order valence-electron chi connectivity index (χ4n) is 2.95. The molecule has 2 aromatic carbocycles. The second-order valence-corrected chi connectivity index (χ2v) is 6.77. The molecule has 3 aromatic rings. The maximum absolute atomic E-state index is 13.9. The first-order valence-electron chi connectivity index (χ1n) is 8.20. The van der Waals surface area contributed by atoms with E-state index >= 15 is 0 Å². The van der Waals surface area contributed by atoms with E-state index in [1.54, 1.807) is 0 Å². The molecule has 0 saturated heterocycles. The molecular formula is C20H20ClF2N2+. The number of benzene rings is 2. The van der Waals surface area contributed by atoms with Gasteiger partial charge in [0.05, 0.1) is 5.52 Å². The van der Waals surface area contributed by atoms with Crippen LogP contribution in [-0.2, 0) is 6.54 Å². The van der Waals surface area contributed by atoms with Crippen LogP contribution in [0.5, 0.6) is 0 Å². The van der Waals surface area contributed by atoms with Gasteiger partial charge >= 0.3 is 0 Å². The molecule has 3 rings (SSSR count). The fraction of sp³-hybridized carbons (Fsp3) is 0.250. The third-order valence-corrected chi connectivity index (χ3v) is 5.01. The second kappa shape index (κ2) is 7.06. The topological polar surface area (TPSA) is 29.5 Å². The number of rotatable bonds is 4. The van der Waals surface area contributed by atoms with Gasteiger partial charge in [-0.1, -0.05) is 23.7 Å². The van der Waals surface area contributed by atoms with Crippen LogP contribution in [0, 0.1) is 25.5 Å². The van der Waals surface area contributed by atoms with E-state index in [9.17, 15) is 8.78 Å². The predicted octanol–water partition coefficient (Wildman–Crippen LogP) is 4.61. The van der Waals surface area contributed by atoms with Crippen molar-refractivity contribution in [2.24, 2.45) is 0 Å². The summed E-state index contributed by atoms with van der Waals surface area (Å²) in [7, 11) is 0. The minimum atomic E-state index is -0.569. The van der Waals surface area contributed by atoms with E-state index in [1.165, 1.54) is 17.7 Å². The molecule has 2 N–H and O–H groups in total. The number of pyridine rings is 1. The zero-order chi connectivity index (χ0) is 18.1. The lowest BCUT2D eigenvalue weighted by atomic mass is 10.0. The maximum atomic E-state index is 13.9. The fourth-order valence-corrected chi connectivity index (χ4v) is 3.16. The molecule has 0 aliphatic heterocycles. The van der Waals surface area contributed by atoms with Gasteiger partial charge in [-0.25, -0.2) is 13.8 Å². The van der Waals surface area contributed by atoms with Gasteiger partial charge in [0.2, 0.25) is 0 Å². The van der Waals surface area contributed by atoms with Crippen molar-refractivity contribution in [1.82, 2.24) is 4.98 Å². The predicted molar refractivity (Wildman–Crippen MR) is 96.6 cm³/mol. The van der Waals surface area contributed by atoms with Gasteiger partial charge in [0, 0.05) is 22.6 Å². The summed E-state index contributed by atoms with van der Waals surface area (Å²) in [5.41, 5.74) is 4.57. The molecular weight excluding hydrogens is 342 g/mol. The van der Waals surface area contributed by atoms with E-state index in [2.05, 4.69) is 11.1 Å². The van der Waals surface area contributed by atoms with E-state index < -0.39 is 11.6 Å². The van der Waals surface area contributed by atoms with Crippen molar-refractivity contribution in [1.29, 1.82) is 0 Å². The number of nitrogens with two attached hydrogens (primary N) is 1. The Balaban J connectivity index is 1.83. The van der Waals surface area contributed by atoms with Gasteiger partial charge in [0.25, 0.3) is 0 Å². The number of hydrogen-bond donors (Lipinski definition) is 1. The van der Waals surface area contributed by atoms with Crippen LogP contribution in [0.25, 0.3) is 10.9 Å². The van der Waals surface area contributed by atoms with Crippen molar-refractivity contribution >= 4 is 22.5 Å². The van der Waals surface area contributed by atoms with Crippen LogP contribution in [0.3, 0.4) is 0 Å². The van der Waals surface area contributed by atoms with Gasteiger partial charge in [0.1, 0.15) is 29.4 Å². The SMILES string of the molecule is Cc1ccc2cc(C[NH2+][C@H](C)c3ccc(F)cc3F)c(Cl)nc2c1C. The highest BCUT2D eigenvalue weighted by atomic mass is 35.5. The van der Waals surface area contributed by atoms with Crippen molar-refractivity contribution in [3.8, 4) is 0 Å². The molecule has 2 nitrogen and oxygen atoms in total. The van der Waals surface area contributed by atoms with Crippen LogP contribution in [0.2, 0.25) is 5.15 Å². The van der Waals surface area contributed by atoms with E-state index in [-0.39, 0.29) is 6.04 Å². The van der Waals surface area contributed by atoms with E-state index in [4.69, 9.17) is 11.6 Å². The Bertz CT molecular complexity index is 941. The molecule has 0 spiro atoms. The van der Waals surface area contributed by atoms with Crippen LogP contribution < -0.4 is 5.32 Å². The Morgan fingerprint density at radius 1 is 1.12 bits per heavy atom. The lowest BCUT2D eigenvalue weighted by Crippen LogP contribution is -2.83. The third-order valence-electron chi connectivity index (χ3n) is 4.68. The van der Waals surface area contributed by atoms with Crippen LogP contribution in [0.1, 0.15) is 35.2 Å². The first kappa shape index (κ1) is 17.8. The minimum Gasteiger partial charge on any atom is -0.336 e. The van der Waals surface area contributed by atoms with Crippen molar-refractivity contribution < 1.29 is 14.1 Å². The highest BCUT2D eigenvalue weighted by Gasteiger charge is 2.16. The first-order chi connectivity index (χ1) is 11.9. The van der Waals surface area contributed by atoms with Crippen molar-refractivity contribution in [3.63, 3.8) is 0 Å². The Morgan fingerprint density at radius 2 is 1.88 bits per heavy atom. The van der Waals surface area contributed by atoms with E-state index in [1.807, 2.05) is 38.2 Å². The average molecular weight is 362 g/mol. The third kappa shape index (κ3) is 3.65. The normalized spacial score (nSPS) is 12.6. The zero-order valence-corrected chi connectivity index (χ0v) is 15.2. The lowest BCUT2D eigenvalue weighted by molar-refractivity contribution is -0.708. The van der Waals surface area contributed by atoms with Crippen LogP contribution >= 0.6 is 11.6 Å². The average Bonchev–Trinajstić information content (AvgIpc) is 2.57. The number of hydrogen-bond acceptors (Lipinski definition) is 1. The van der Waals surface area contributed by atoms with Gasteiger partial charge in [-0.05, 0) is 50.1 Å². The number of aryl methyl sites for hydroxylation is 2. The minimum absolute atomic E-state index is 0.160. The number of quaternary nitrogens is 1. The summed E-state index contributed by atoms with van der Waals surface area (Å²) in [5, 5.41) is 3.47. The van der Waals surface area contributed by atoms with Crippen LogP contribution in [-0.4, -0.2) is 4.98 Å². The molecule has 1 atom stereocenters. The van der Waals surface area contributed by atoms with Gasteiger partial charge in [-0.3, -0.25) is 0 Å². The molecule has 0 radical (unpaired) electrons. The maximum Gasteiger partial charge on any atom is 0.138 e. The molecule has 0 saturated carbocycles.